The predicted molar refractivity (Wildman–Crippen MR) is 101 cm³/mol. The molecule has 138 valence electrons. The van der Waals surface area contributed by atoms with Crippen molar-refractivity contribution < 1.29 is 15.0 Å². The monoisotopic (exact) mass is 346 g/mol. The SMILES string of the molecule is CC/C(C)=C(\C(=O)N1CCCCCC1)C(C)c1cc(N)c(O)c(O)c1. The van der Waals surface area contributed by atoms with Gasteiger partial charge in [-0.3, -0.25) is 4.79 Å². The molecule has 2 rings (SSSR count). The maximum absolute atomic E-state index is 13.2. The van der Waals surface area contributed by atoms with E-state index < -0.39 is 0 Å². The molecular weight excluding hydrogens is 316 g/mol. The zero-order valence-electron chi connectivity index (χ0n) is 15.5. The minimum atomic E-state index is -0.312. The summed E-state index contributed by atoms with van der Waals surface area (Å²) < 4.78 is 0. The minimum Gasteiger partial charge on any atom is -0.504 e. The zero-order valence-corrected chi connectivity index (χ0v) is 15.5. The third-order valence-corrected chi connectivity index (χ3v) is 5.19. The third-order valence-electron chi connectivity index (χ3n) is 5.19. The van der Waals surface area contributed by atoms with E-state index in [4.69, 9.17) is 5.73 Å². The van der Waals surface area contributed by atoms with E-state index in [1.807, 2.05) is 25.7 Å². The fourth-order valence-electron chi connectivity index (χ4n) is 3.45. The van der Waals surface area contributed by atoms with Crippen LogP contribution in [-0.4, -0.2) is 34.1 Å². The fraction of sp³-hybridized carbons (Fsp3) is 0.550. The Bertz CT molecular complexity index is 636. The minimum absolute atomic E-state index is 0.0832. The van der Waals surface area contributed by atoms with Crippen molar-refractivity contribution in [1.29, 1.82) is 0 Å². The predicted octanol–water partition coefficient (Wildman–Crippen LogP) is 3.91. The summed E-state index contributed by atoms with van der Waals surface area (Å²) in [5, 5.41) is 19.6. The number of allylic oxidation sites excluding steroid dienone is 1. The Kier molecular flexibility index (Phi) is 6.34. The van der Waals surface area contributed by atoms with Crippen LogP contribution in [0.25, 0.3) is 0 Å². The van der Waals surface area contributed by atoms with Crippen molar-refractivity contribution in [1.82, 2.24) is 4.90 Å². The molecule has 1 heterocycles. The Morgan fingerprint density at radius 3 is 2.32 bits per heavy atom. The maximum Gasteiger partial charge on any atom is 0.250 e. The van der Waals surface area contributed by atoms with Gasteiger partial charge < -0.3 is 20.8 Å². The number of likely N-dealkylation sites (tertiary alicyclic amines) is 1. The fourth-order valence-corrected chi connectivity index (χ4v) is 3.45. The Hall–Kier alpha value is -2.17. The number of aromatic hydroxyl groups is 2. The molecule has 1 saturated heterocycles. The molecular formula is C20H30N2O3. The molecule has 1 fully saturated rings. The van der Waals surface area contributed by atoms with Gasteiger partial charge in [0.1, 0.15) is 0 Å². The van der Waals surface area contributed by atoms with Crippen LogP contribution in [0.15, 0.2) is 23.3 Å². The van der Waals surface area contributed by atoms with Crippen molar-refractivity contribution in [3.63, 3.8) is 0 Å². The van der Waals surface area contributed by atoms with Gasteiger partial charge in [0.05, 0.1) is 5.69 Å². The van der Waals surface area contributed by atoms with Crippen LogP contribution in [0.4, 0.5) is 5.69 Å². The molecule has 0 bridgehead atoms. The summed E-state index contributed by atoms with van der Waals surface area (Å²) in [6, 6.07) is 3.13. The van der Waals surface area contributed by atoms with Gasteiger partial charge in [-0.25, -0.2) is 0 Å². The highest BCUT2D eigenvalue weighted by molar-refractivity contribution is 5.95. The Labute approximate surface area is 150 Å². The van der Waals surface area contributed by atoms with E-state index in [0.29, 0.717) is 0 Å². The van der Waals surface area contributed by atoms with Gasteiger partial charge >= 0.3 is 0 Å². The first-order chi connectivity index (χ1) is 11.9. The average Bonchev–Trinajstić information content (AvgIpc) is 2.88. The molecule has 1 amide bonds. The van der Waals surface area contributed by atoms with Crippen LogP contribution in [0, 0.1) is 0 Å². The number of rotatable bonds is 4. The summed E-state index contributed by atoms with van der Waals surface area (Å²) in [5.41, 5.74) is 8.46. The maximum atomic E-state index is 13.2. The van der Waals surface area contributed by atoms with E-state index in [-0.39, 0.29) is 29.0 Å². The van der Waals surface area contributed by atoms with Crippen LogP contribution >= 0.6 is 0 Å². The molecule has 5 nitrogen and oxygen atoms in total. The van der Waals surface area contributed by atoms with E-state index in [2.05, 4.69) is 0 Å². The summed E-state index contributed by atoms with van der Waals surface area (Å²) in [6.07, 6.45) is 5.23. The second-order valence-electron chi connectivity index (χ2n) is 6.95. The molecule has 5 heteroatoms. The number of nitrogen functional groups attached to an aromatic ring is 1. The number of benzene rings is 1. The Morgan fingerprint density at radius 1 is 1.20 bits per heavy atom. The molecule has 1 aliphatic rings. The number of nitrogens with zero attached hydrogens (tertiary/aromatic N) is 1. The molecule has 1 aromatic rings. The Morgan fingerprint density at radius 2 is 1.80 bits per heavy atom. The van der Waals surface area contributed by atoms with Crippen LogP contribution in [0.5, 0.6) is 11.5 Å². The summed E-state index contributed by atoms with van der Waals surface area (Å²) in [5.74, 6) is -0.686. The van der Waals surface area contributed by atoms with Gasteiger partial charge in [0, 0.05) is 24.6 Å². The second kappa shape index (κ2) is 8.28. The molecule has 1 atom stereocenters. The lowest BCUT2D eigenvalue weighted by atomic mass is 9.87. The lowest BCUT2D eigenvalue weighted by Crippen LogP contribution is -2.34. The number of phenolic OH excluding ortho intramolecular Hbond substituents is 2. The van der Waals surface area contributed by atoms with Gasteiger partial charge in [0.25, 0.3) is 0 Å². The van der Waals surface area contributed by atoms with E-state index >= 15 is 0 Å². The van der Waals surface area contributed by atoms with E-state index in [1.165, 1.54) is 18.9 Å². The highest BCUT2D eigenvalue weighted by Gasteiger charge is 2.27. The molecule has 0 spiro atoms. The van der Waals surface area contributed by atoms with Crippen molar-refractivity contribution in [2.75, 3.05) is 18.8 Å². The number of amides is 1. The molecule has 1 aliphatic heterocycles. The standard InChI is InChI=1S/C20H30N2O3/c1-4-13(2)18(20(25)22-9-7-5-6-8-10-22)14(3)15-11-16(21)19(24)17(23)12-15/h11-12,14,23-24H,4-10,21H2,1-3H3/b18-13-. The van der Waals surface area contributed by atoms with Crippen LogP contribution in [0.2, 0.25) is 0 Å². The van der Waals surface area contributed by atoms with Crippen molar-refractivity contribution in [2.24, 2.45) is 0 Å². The van der Waals surface area contributed by atoms with Crippen LogP contribution in [-0.2, 0) is 4.79 Å². The van der Waals surface area contributed by atoms with Crippen molar-refractivity contribution in [3.8, 4) is 11.5 Å². The number of hydrogen-bond acceptors (Lipinski definition) is 4. The van der Waals surface area contributed by atoms with Gasteiger partial charge in [0.15, 0.2) is 11.5 Å². The third kappa shape index (κ3) is 4.27. The molecule has 0 aromatic heterocycles. The lowest BCUT2D eigenvalue weighted by molar-refractivity contribution is -0.127. The summed E-state index contributed by atoms with van der Waals surface area (Å²) in [7, 11) is 0. The van der Waals surface area contributed by atoms with Gasteiger partial charge in [0.2, 0.25) is 5.91 Å². The van der Waals surface area contributed by atoms with Gasteiger partial charge in [-0.05, 0) is 43.9 Å². The van der Waals surface area contributed by atoms with Crippen LogP contribution in [0.3, 0.4) is 0 Å². The van der Waals surface area contributed by atoms with Crippen LogP contribution < -0.4 is 5.73 Å². The zero-order chi connectivity index (χ0) is 18.6. The number of carbonyl (C=O) groups excluding carboxylic acids is 1. The number of phenols is 2. The molecule has 25 heavy (non-hydrogen) atoms. The molecule has 0 saturated carbocycles. The van der Waals surface area contributed by atoms with Gasteiger partial charge in [-0.15, -0.1) is 0 Å². The second-order valence-corrected chi connectivity index (χ2v) is 6.95. The van der Waals surface area contributed by atoms with Crippen molar-refractivity contribution >= 4 is 11.6 Å². The van der Waals surface area contributed by atoms with Crippen LogP contribution in [0.1, 0.15) is 64.4 Å². The molecule has 1 unspecified atom stereocenters. The highest BCUT2D eigenvalue weighted by Crippen LogP contribution is 2.38. The molecule has 0 aliphatic carbocycles. The van der Waals surface area contributed by atoms with E-state index in [0.717, 1.165) is 49.1 Å². The molecule has 1 aromatic carbocycles. The van der Waals surface area contributed by atoms with Gasteiger partial charge in [-0.2, -0.15) is 0 Å². The Balaban J connectivity index is 2.39. The number of hydrogen-bond donors (Lipinski definition) is 3. The highest BCUT2D eigenvalue weighted by atomic mass is 16.3. The van der Waals surface area contributed by atoms with Crippen molar-refractivity contribution in [2.45, 2.75) is 58.8 Å². The topological polar surface area (TPSA) is 86.8 Å². The first kappa shape index (κ1) is 19.2. The first-order valence-corrected chi connectivity index (χ1v) is 9.17. The largest absolute Gasteiger partial charge is 0.504 e. The smallest absolute Gasteiger partial charge is 0.250 e. The number of carbonyl (C=O) groups is 1. The van der Waals surface area contributed by atoms with Crippen molar-refractivity contribution in [3.05, 3.63) is 28.8 Å². The average molecular weight is 346 g/mol. The molecule has 0 radical (unpaired) electrons. The van der Waals surface area contributed by atoms with E-state index in [1.54, 1.807) is 6.07 Å². The number of nitrogens with two attached hydrogens (primary N) is 1. The summed E-state index contributed by atoms with van der Waals surface area (Å²) in [4.78, 5) is 15.2. The first-order valence-electron chi connectivity index (χ1n) is 9.17. The summed E-state index contributed by atoms with van der Waals surface area (Å²) >= 11 is 0. The lowest BCUT2D eigenvalue weighted by Gasteiger charge is -2.27. The van der Waals surface area contributed by atoms with E-state index in [9.17, 15) is 15.0 Å². The quantitative estimate of drug-likeness (QED) is 0.438. The summed E-state index contributed by atoms with van der Waals surface area (Å²) in [6.45, 7) is 7.59. The number of anilines is 1. The normalized spacial score (nSPS) is 17.6. The van der Waals surface area contributed by atoms with Gasteiger partial charge in [-0.1, -0.05) is 32.3 Å². The molecule has 4 N–H and O–H groups in total.